The van der Waals surface area contributed by atoms with Gasteiger partial charge in [-0.25, -0.2) is 9.50 Å². The highest BCUT2D eigenvalue weighted by molar-refractivity contribution is 5.80. The average Bonchev–Trinajstić information content (AvgIpc) is 3.37. The molecule has 2 aromatic carbocycles. The summed E-state index contributed by atoms with van der Waals surface area (Å²) in [7, 11) is 0. The molecule has 0 saturated carbocycles. The summed E-state index contributed by atoms with van der Waals surface area (Å²) in [5.41, 5.74) is 5.43. The minimum atomic E-state index is -0.262. The molecule has 0 spiro atoms. The summed E-state index contributed by atoms with van der Waals surface area (Å²) in [6.07, 6.45) is 2.45. The third-order valence-corrected chi connectivity index (χ3v) is 6.28. The van der Waals surface area contributed by atoms with Crippen LogP contribution in [-0.4, -0.2) is 27.2 Å². The molecule has 0 aliphatic carbocycles. The number of aromatic nitrogens is 3. The number of fused-ring (bicyclic) bond motifs is 1. The van der Waals surface area contributed by atoms with Crippen molar-refractivity contribution in [1.29, 1.82) is 5.26 Å². The Labute approximate surface area is 229 Å². The van der Waals surface area contributed by atoms with E-state index < -0.39 is 0 Å². The molecule has 4 rings (SSSR count). The Morgan fingerprint density at radius 2 is 1.87 bits per heavy atom. The van der Waals surface area contributed by atoms with E-state index in [0.29, 0.717) is 25.4 Å². The zero-order valence-corrected chi connectivity index (χ0v) is 22.8. The van der Waals surface area contributed by atoms with Gasteiger partial charge in [-0.2, -0.15) is 10.4 Å². The van der Waals surface area contributed by atoms with E-state index in [-0.39, 0.29) is 24.2 Å². The Morgan fingerprint density at radius 3 is 2.56 bits per heavy atom. The number of carbonyl (C=O) groups is 1. The second-order valence-electron chi connectivity index (χ2n) is 9.46. The molecule has 0 saturated heterocycles. The molecule has 0 bridgehead atoms. The summed E-state index contributed by atoms with van der Waals surface area (Å²) in [6, 6.07) is 19.9. The number of benzene rings is 2. The first-order chi connectivity index (χ1) is 18.9. The van der Waals surface area contributed by atoms with Gasteiger partial charge in [0.25, 0.3) is 0 Å². The molecule has 0 radical (unpaired) electrons. The topological polar surface area (TPSA) is 89.5 Å². The fraction of sp³-hybridized carbons (Fsp3) is 0.312. The summed E-state index contributed by atoms with van der Waals surface area (Å²) in [6.45, 7) is 8.36. The molecule has 39 heavy (non-hydrogen) atoms. The Kier molecular flexibility index (Phi) is 8.97. The van der Waals surface area contributed by atoms with Gasteiger partial charge in [-0.1, -0.05) is 56.2 Å². The molecule has 4 aromatic rings. The van der Waals surface area contributed by atoms with Crippen LogP contribution in [-0.2, 0) is 22.6 Å². The van der Waals surface area contributed by atoms with Gasteiger partial charge >= 0.3 is 5.97 Å². The standard InChI is InChI=1S/C32H32N4O3/c1-5-9-26(19-30(37)38-6-2)24-12-14-27(15-13-24)39-21-23-18-29(28-11-8-7-10-25(28)16-17-33)32-34-31(22(3)4)35-36(32)20-23/h7-8,10-15,18,20,22,26H,6,16,19,21H2,1-4H3. The molecule has 2 aromatic heterocycles. The van der Waals surface area contributed by atoms with Crippen LogP contribution in [0.3, 0.4) is 0 Å². The van der Waals surface area contributed by atoms with Crippen LogP contribution in [0.5, 0.6) is 5.75 Å². The molecule has 2 heterocycles. The van der Waals surface area contributed by atoms with Gasteiger partial charge in [-0.15, -0.1) is 5.92 Å². The van der Waals surface area contributed by atoms with E-state index in [1.54, 1.807) is 18.4 Å². The van der Waals surface area contributed by atoms with Crippen molar-refractivity contribution < 1.29 is 14.3 Å². The normalized spacial score (nSPS) is 11.5. The van der Waals surface area contributed by atoms with Crippen LogP contribution in [0.4, 0.5) is 0 Å². The van der Waals surface area contributed by atoms with Gasteiger partial charge in [0.1, 0.15) is 12.4 Å². The van der Waals surface area contributed by atoms with Crippen LogP contribution in [0.2, 0.25) is 0 Å². The Morgan fingerprint density at radius 1 is 1.10 bits per heavy atom. The van der Waals surface area contributed by atoms with Crippen molar-refractivity contribution in [2.24, 2.45) is 0 Å². The minimum absolute atomic E-state index is 0.176. The smallest absolute Gasteiger partial charge is 0.307 e. The lowest BCUT2D eigenvalue weighted by Gasteiger charge is -2.13. The Hall–Kier alpha value is -4.62. The van der Waals surface area contributed by atoms with Gasteiger partial charge in [0.15, 0.2) is 11.5 Å². The highest BCUT2D eigenvalue weighted by atomic mass is 16.5. The number of hydrogen-bond donors (Lipinski definition) is 0. The van der Waals surface area contributed by atoms with Crippen molar-refractivity contribution in [2.75, 3.05) is 6.61 Å². The van der Waals surface area contributed by atoms with E-state index in [1.165, 1.54) is 0 Å². The molecular formula is C32H32N4O3. The number of nitriles is 1. The maximum absolute atomic E-state index is 12.0. The lowest BCUT2D eigenvalue weighted by molar-refractivity contribution is -0.143. The second-order valence-corrected chi connectivity index (χ2v) is 9.46. The third-order valence-electron chi connectivity index (χ3n) is 6.28. The van der Waals surface area contributed by atoms with E-state index in [4.69, 9.17) is 19.6 Å². The summed E-state index contributed by atoms with van der Waals surface area (Å²) in [4.78, 5) is 16.8. The molecule has 0 aliphatic heterocycles. The number of carbonyl (C=O) groups excluding carboxylic acids is 1. The number of ether oxygens (including phenoxy) is 2. The quantitative estimate of drug-likeness (QED) is 0.182. The predicted octanol–water partition coefficient (Wildman–Crippen LogP) is 6.22. The van der Waals surface area contributed by atoms with Crippen LogP contribution in [0.25, 0.3) is 16.8 Å². The van der Waals surface area contributed by atoms with Gasteiger partial charge in [0.2, 0.25) is 0 Å². The first-order valence-electron chi connectivity index (χ1n) is 13.1. The first kappa shape index (κ1) is 27.4. The fourth-order valence-electron chi connectivity index (χ4n) is 4.38. The molecule has 198 valence electrons. The fourth-order valence-corrected chi connectivity index (χ4v) is 4.38. The lowest BCUT2D eigenvalue weighted by Crippen LogP contribution is -2.09. The summed E-state index contributed by atoms with van der Waals surface area (Å²) in [5, 5.41) is 14.1. The maximum Gasteiger partial charge on any atom is 0.307 e. The number of pyridine rings is 1. The maximum atomic E-state index is 12.0. The second kappa shape index (κ2) is 12.8. The SMILES string of the molecule is CC#CC(CC(=O)OCC)c1ccc(OCc2cc(-c3ccccc3CC#N)c3nc(C(C)C)nn3c2)cc1. The minimum Gasteiger partial charge on any atom is -0.489 e. The van der Waals surface area contributed by atoms with Crippen molar-refractivity contribution in [1.82, 2.24) is 14.6 Å². The average molecular weight is 521 g/mol. The van der Waals surface area contributed by atoms with Crippen molar-refractivity contribution >= 4 is 11.6 Å². The summed E-state index contributed by atoms with van der Waals surface area (Å²) in [5.74, 6) is 7.15. The predicted molar refractivity (Wildman–Crippen MR) is 150 cm³/mol. The third kappa shape index (κ3) is 6.64. The Bertz CT molecular complexity index is 1550. The van der Waals surface area contributed by atoms with Gasteiger partial charge < -0.3 is 9.47 Å². The van der Waals surface area contributed by atoms with Crippen LogP contribution in [0, 0.1) is 23.2 Å². The van der Waals surface area contributed by atoms with Gasteiger partial charge in [-0.3, -0.25) is 4.79 Å². The van der Waals surface area contributed by atoms with Crippen molar-refractivity contribution in [2.45, 2.75) is 59.0 Å². The van der Waals surface area contributed by atoms with Crippen molar-refractivity contribution in [3.8, 4) is 34.8 Å². The molecule has 0 amide bonds. The number of esters is 1. The highest BCUT2D eigenvalue weighted by Gasteiger charge is 2.17. The highest BCUT2D eigenvalue weighted by Crippen LogP contribution is 2.30. The van der Waals surface area contributed by atoms with Crippen molar-refractivity contribution in [3.05, 3.63) is 83.3 Å². The molecule has 7 heteroatoms. The van der Waals surface area contributed by atoms with Gasteiger partial charge in [0, 0.05) is 23.2 Å². The van der Waals surface area contributed by atoms with E-state index in [9.17, 15) is 10.1 Å². The monoisotopic (exact) mass is 520 g/mol. The van der Waals surface area contributed by atoms with E-state index in [1.807, 2.05) is 54.7 Å². The number of nitrogens with zero attached hydrogens (tertiary/aromatic N) is 4. The number of hydrogen-bond acceptors (Lipinski definition) is 6. The molecule has 0 N–H and O–H groups in total. The van der Waals surface area contributed by atoms with Gasteiger partial charge in [0.05, 0.1) is 31.4 Å². The molecule has 0 aliphatic rings. The molecule has 0 fully saturated rings. The summed E-state index contributed by atoms with van der Waals surface area (Å²) >= 11 is 0. The zero-order chi connectivity index (χ0) is 27.8. The van der Waals surface area contributed by atoms with Crippen LogP contribution in [0.1, 0.15) is 68.5 Å². The molecular weight excluding hydrogens is 488 g/mol. The largest absolute Gasteiger partial charge is 0.489 e. The first-order valence-corrected chi connectivity index (χ1v) is 13.1. The van der Waals surface area contributed by atoms with Crippen LogP contribution >= 0.6 is 0 Å². The molecule has 1 unspecified atom stereocenters. The van der Waals surface area contributed by atoms with Crippen molar-refractivity contribution in [3.63, 3.8) is 0 Å². The number of rotatable bonds is 10. The molecule has 1 atom stereocenters. The summed E-state index contributed by atoms with van der Waals surface area (Å²) < 4.78 is 13.0. The Balaban J connectivity index is 1.60. The van der Waals surface area contributed by atoms with E-state index >= 15 is 0 Å². The van der Waals surface area contributed by atoms with Crippen LogP contribution < -0.4 is 4.74 Å². The molecule has 7 nitrogen and oxygen atoms in total. The van der Waals surface area contributed by atoms with Crippen LogP contribution in [0.15, 0.2) is 60.8 Å². The zero-order valence-electron chi connectivity index (χ0n) is 22.8. The van der Waals surface area contributed by atoms with E-state index in [0.717, 1.165) is 39.3 Å². The van der Waals surface area contributed by atoms with Gasteiger partial charge in [-0.05, 0) is 48.7 Å². The van der Waals surface area contributed by atoms with E-state index in [2.05, 4.69) is 37.8 Å². The lowest BCUT2D eigenvalue weighted by atomic mass is 9.96.